The predicted molar refractivity (Wildman–Crippen MR) is 250 cm³/mol. The van der Waals surface area contributed by atoms with Crippen LogP contribution in [-0.4, -0.2) is 34.9 Å². The van der Waals surface area contributed by atoms with E-state index in [1.54, 1.807) is 12.2 Å². The lowest BCUT2D eigenvalue weighted by Crippen LogP contribution is -2.36. The van der Waals surface area contributed by atoms with Crippen molar-refractivity contribution in [1.82, 2.24) is 0 Å². The van der Waals surface area contributed by atoms with Gasteiger partial charge in [-0.05, 0) is 82.8 Å². The zero-order valence-corrected chi connectivity index (χ0v) is 39.1. The first-order valence-corrected chi connectivity index (χ1v) is 22.8. The van der Waals surface area contributed by atoms with Crippen LogP contribution in [0.5, 0.6) is 0 Å². The van der Waals surface area contributed by atoms with E-state index in [9.17, 15) is 19.5 Å². The Hall–Kier alpha value is -3.57. The first-order valence-electron chi connectivity index (χ1n) is 22.8. The largest absolute Gasteiger partial charge is 0.462 e. The molecule has 0 amide bonds. The fourth-order valence-corrected chi connectivity index (χ4v) is 8.48. The number of esters is 1. The summed E-state index contributed by atoms with van der Waals surface area (Å²) in [6.07, 6.45) is 43.3. The molecular formula is C54H82O5. The van der Waals surface area contributed by atoms with E-state index in [2.05, 4.69) is 34.6 Å². The van der Waals surface area contributed by atoms with Gasteiger partial charge in [0.2, 0.25) is 0 Å². The number of rotatable bonds is 25. The average Bonchev–Trinajstić information content (AvgIpc) is 3.53. The molecule has 2 rings (SSSR count). The Labute approximate surface area is 360 Å². The molecule has 0 bridgehead atoms. The lowest BCUT2D eigenvalue weighted by molar-refractivity contribution is -0.149. The molecule has 0 spiro atoms. The maximum absolute atomic E-state index is 13.6. The summed E-state index contributed by atoms with van der Waals surface area (Å²) in [6.45, 7) is 22.7. The van der Waals surface area contributed by atoms with Gasteiger partial charge in [0.15, 0.2) is 11.6 Å². The summed E-state index contributed by atoms with van der Waals surface area (Å²) in [6, 6.07) is 0. The Bertz CT molecular complexity index is 1650. The lowest BCUT2D eigenvalue weighted by Gasteiger charge is -2.35. The number of hydrogen-bond acceptors (Lipinski definition) is 5. The van der Waals surface area contributed by atoms with Crippen molar-refractivity contribution in [3.05, 3.63) is 107 Å². The van der Waals surface area contributed by atoms with E-state index < -0.39 is 16.9 Å². The minimum absolute atomic E-state index is 0.0725. The third kappa shape index (κ3) is 17.5. The van der Waals surface area contributed by atoms with E-state index in [0.29, 0.717) is 32.1 Å². The molecule has 0 aromatic heterocycles. The molecule has 0 radical (unpaired) electrons. The van der Waals surface area contributed by atoms with E-state index in [1.165, 1.54) is 57.8 Å². The minimum Gasteiger partial charge on any atom is -0.462 e. The molecule has 0 unspecified atom stereocenters. The minimum atomic E-state index is -0.596. The highest BCUT2D eigenvalue weighted by Crippen LogP contribution is 2.54. The van der Waals surface area contributed by atoms with E-state index in [0.717, 1.165) is 35.1 Å². The van der Waals surface area contributed by atoms with E-state index in [4.69, 9.17) is 4.74 Å². The Morgan fingerprint density at radius 2 is 0.898 bits per heavy atom. The molecule has 0 aromatic carbocycles. The van der Waals surface area contributed by atoms with Gasteiger partial charge >= 0.3 is 5.97 Å². The molecule has 0 aromatic rings. The van der Waals surface area contributed by atoms with Gasteiger partial charge < -0.3 is 9.84 Å². The van der Waals surface area contributed by atoms with Gasteiger partial charge in [-0.3, -0.25) is 14.4 Å². The van der Waals surface area contributed by atoms with Crippen LogP contribution >= 0.6 is 0 Å². The number of carbonyl (C=O) groups excluding carboxylic acids is 3. The summed E-state index contributed by atoms with van der Waals surface area (Å²) in [7, 11) is 0. The standard InChI is InChI=1S/C54H82O5/c1-12-13-14-15-16-17-18-19-20-21-22-33-50(58)59-47-40-52(8,9)54(11,41-47)49(57)37-35-45(5)32-26-30-43(3)28-24-23-27-42(2)29-25-31-44(4)34-36-48(56)53(10)39-46(55)38-51(53,6)7/h23-32,34-37,46-47,55H,12-22,33,38-41H2,1-11H3/b24-23+,29-25+,30-26+,36-34+,37-35+,42-27+,43-28+,44-31+,45-32+/t46-,47-,53-,54-/m0/s1. The number of allylic oxidation sites excluding steroid dienone is 18. The number of aliphatic hydroxyl groups is 1. The van der Waals surface area contributed by atoms with Gasteiger partial charge in [-0.25, -0.2) is 0 Å². The van der Waals surface area contributed by atoms with Crippen LogP contribution in [0.3, 0.4) is 0 Å². The van der Waals surface area contributed by atoms with Crippen molar-refractivity contribution in [2.75, 3.05) is 0 Å². The number of unbranched alkanes of at least 4 members (excludes halogenated alkanes) is 10. The van der Waals surface area contributed by atoms with Crippen molar-refractivity contribution in [2.24, 2.45) is 21.7 Å². The molecule has 5 nitrogen and oxygen atoms in total. The average molecular weight is 811 g/mol. The van der Waals surface area contributed by atoms with E-state index in [-0.39, 0.29) is 34.5 Å². The Balaban J connectivity index is 1.79. The molecule has 5 heteroatoms. The normalized spacial score (nSPS) is 25.5. The maximum Gasteiger partial charge on any atom is 0.306 e. The number of ether oxygens (including phenoxy) is 1. The highest BCUT2D eigenvalue weighted by Gasteiger charge is 2.54. The van der Waals surface area contributed by atoms with Crippen molar-refractivity contribution in [3.63, 3.8) is 0 Å². The quantitative estimate of drug-likeness (QED) is 0.0430. The molecule has 59 heavy (non-hydrogen) atoms. The Morgan fingerprint density at radius 3 is 1.34 bits per heavy atom. The van der Waals surface area contributed by atoms with E-state index >= 15 is 0 Å². The second kappa shape index (κ2) is 25.3. The van der Waals surface area contributed by atoms with Crippen molar-refractivity contribution >= 4 is 17.5 Å². The molecule has 2 saturated carbocycles. The maximum atomic E-state index is 13.6. The van der Waals surface area contributed by atoms with Gasteiger partial charge in [-0.15, -0.1) is 0 Å². The molecule has 2 fully saturated rings. The second-order valence-corrected chi connectivity index (χ2v) is 19.4. The zero-order chi connectivity index (χ0) is 44.1. The number of ketones is 2. The fraction of sp³-hybridized carbons (Fsp3) is 0.611. The Morgan fingerprint density at radius 1 is 0.508 bits per heavy atom. The smallest absolute Gasteiger partial charge is 0.306 e. The number of aliphatic hydroxyl groups excluding tert-OH is 1. The van der Waals surface area contributed by atoms with Crippen LogP contribution in [-0.2, 0) is 19.1 Å². The number of hydrogen-bond donors (Lipinski definition) is 1. The fourth-order valence-electron chi connectivity index (χ4n) is 8.48. The second-order valence-electron chi connectivity index (χ2n) is 19.4. The SMILES string of the molecule is CCCCCCCCCCCCCC(=O)O[C@H]1CC(C)(C)[C@](C)(C(=O)/C=C/C(C)=C/C=C/C(C)=C/C=C/C=C(C)/C=C/C=C(C)/C=C/C(=O)[C@]2(C)C[C@@H](O)CC2(C)C)C1. The highest BCUT2D eigenvalue weighted by molar-refractivity contribution is 5.96. The third-order valence-electron chi connectivity index (χ3n) is 13.4. The van der Waals surface area contributed by atoms with Crippen molar-refractivity contribution < 1.29 is 24.2 Å². The third-order valence-corrected chi connectivity index (χ3v) is 13.4. The molecule has 1 N–H and O–H groups in total. The van der Waals surface area contributed by atoms with Gasteiger partial charge in [0.25, 0.3) is 0 Å². The molecule has 0 heterocycles. The molecule has 2 aliphatic rings. The van der Waals surface area contributed by atoms with E-state index in [1.807, 2.05) is 114 Å². The summed E-state index contributed by atoms with van der Waals surface area (Å²) < 4.78 is 5.92. The van der Waals surface area contributed by atoms with Gasteiger partial charge in [-0.2, -0.15) is 0 Å². The topological polar surface area (TPSA) is 80.7 Å². The van der Waals surface area contributed by atoms with Crippen LogP contribution in [0.1, 0.15) is 179 Å². The van der Waals surface area contributed by atoms with Gasteiger partial charge in [-0.1, -0.05) is 208 Å². The summed E-state index contributed by atoms with van der Waals surface area (Å²) in [4.78, 5) is 39.3. The summed E-state index contributed by atoms with van der Waals surface area (Å²) in [5.74, 6) is 0.0278. The summed E-state index contributed by atoms with van der Waals surface area (Å²) >= 11 is 0. The van der Waals surface area contributed by atoms with Gasteiger partial charge in [0, 0.05) is 17.3 Å². The van der Waals surface area contributed by atoms with Crippen LogP contribution < -0.4 is 0 Å². The first kappa shape index (κ1) is 51.6. The molecule has 2 aliphatic carbocycles. The van der Waals surface area contributed by atoms with Crippen molar-refractivity contribution in [1.29, 1.82) is 0 Å². The first-order chi connectivity index (χ1) is 27.8. The predicted octanol–water partition coefficient (Wildman–Crippen LogP) is 14.3. The lowest BCUT2D eigenvalue weighted by atomic mass is 9.66. The molecule has 0 aliphatic heterocycles. The Kier molecular flexibility index (Phi) is 22.1. The van der Waals surface area contributed by atoms with Gasteiger partial charge in [0.05, 0.1) is 6.10 Å². The van der Waals surface area contributed by atoms with Crippen LogP contribution in [0.2, 0.25) is 0 Å². The molecule has 0 saturated heterocycles. The zero-order valence-electron chi connectivity index (χ0n) is 39.1. The highest BCUT2D eigenvalue weighted by atomic mass is 16.5. The van der Waals surface area contributed by atoms with Crippen LogP contribution in [0.25, 0.3) is 0 Å². The number of carbonyl (C=O) groups is 3. The summed E-state index contributed by atoms with van der Waals surface area (Å²) in [5, 5.41) is 10.2. The van der Waals surface area contributed by atoms with Crippen LogP contribution in [0.4, 0.5) is 0 Å². The van der Waals surface area contributed by atoms with Crippen molar-refractivity contribution in [3.8, 4) is 0 Å². The van der Waals surface area contributed by atoms with Gasteiger partial charge in [0.1, 0.15) is 6.10 Å². The summed E-state index contributed by atoms with van der Waals surface area (Å²) in [5.41, 5.74) is 2.51. The monoisotopic (exact) mass is 811 g/mol. The molecular weight excluding hydrogens is 729 g/mol. The van der Waals surface area contributed by atoms with Crippen LogP contribution in [0, 0.1) is 21.7 Å². The van der Waals surface area contributed by atoms with Crippen LogP contribution in [0.15, 0.2) is 107 Å². The molecule has 328 valence electrons. The van der Waals surface area contributed by atoms with Crippen molar-refractivity contribution in [2.45, 2.75) is 191 Å². The molecule has 4 atom stereocenters.